The summed E-state index contributed by atoms with van der Waals surface area (Å²) in [5.74, 6) is 7.11. The van der Waals surface area contributed by atoms with Gasteiger partial charge in [0.2, 0.25) is 5.91 Å². The number of likely N-dealkylation sites (tertiary alicyclic amines) is 1. The molecule has 1 saturated heterocycles. The van der Waals surface area contributed by atoms with Crippen molar-refractivity contribution in [3.63, 3.8) is 0 Å². The number of nitrogens with one attached hydrogen (secondary N) is 2. The fourth-order valence-electron chi connectivity index (χ4n) is 4.19. The number of amides is 1. The lowest BCUT2D eigenvalue weighted by Gasteiger charge is -2.22. The van der Waals surface area contributed by atoms with Gasteiger partial charge in [-0.15, -0.1) is 0 Å². The van der Waals surface area contributed by atoms with Crippen LogP contribution < -0.4 is 10.6 Å². The van der Waals surface area contributed by atoms with Gasteiger partial charge in [-0.2, -0.15) is 0 Å². The van der Waals surface area contributed by atoms with Crippen LogP contribution in [0.5, 0.6) is 0 Å². The first-order chi connectivity index (χ1) is 16.5. The van der Waals surface area contributed by atoms with Crippen molar-refractivity contribution >= 4 is 18.3 Å². The molecule has 2 heterocycles. The molecule has 180 valence electrons. The standard InChI is InChI=1S/C28H36N4O2/c1-21(12-18-26(29-2)32-19-6-4-5-7-20-32)11-13-22-14-16-23(17-15-22)24-9-8-10-25(33)27(31-24)28(34)30-3/h9,12,14-18,25,27,31,33H,2,4-8,10,19-20H2,1,3H3,(H,30,34)/b21-12+,26-18+. The number of benzene rings is 1. The highest BCUT2D eigenvalue weighted by molar-refractivity contribution is 5.84. The highest BCUT2D eigenvalue weighted by Gasteiger charge is 2.28. The molecule has 0 saturated carbocycles. The lowest BCUT2D eigenvalue weighted by atomic mass is 10.1. The molecular formula is C28H36N4O2. The molecule has 0 bridgehead atoms. The minimum Gasteiger partial charge on any atom is -0.390 e. The van der Waals surface area contributed by atoms with E-state index in [1.807, 2.05) is 49.4 Å². The fraction of sp³-hybridized carbons (Fsp3) is 0.429. The molecule has 0 spiro atoms. The number of carbonyl (C=O) groups is 1. The van der Waals surface area contributed by atoms with Crippen LogP contribution in [0.3, 0.4) is 0 Å². The van der Waals surface area contributed by atoms with Crippen LogP contribution in [-0.4, -0.2) is 54.9 Å². The van der Waals surface area contributed by atoms with Crippen LogP contribution in [0.15, 0.2) is 58.9 Å². The Morgan fingerprint density at radius 2 is 1.91 bits per heavy atom. The lowest BCUT2D eigenvalue weighted by Crippen LogP contribution is -2.49. The Morgan fingerprint density at radius 1 is 1.21 bits per heavy atom. The number of nitrogens with zero attached hydrogens (tertiary/aromatic N) is 2. The Bertz CT molecular complexity index is 1000. The second kappa shape index (κ2) is 12.8. The Balaban J connectivity index is 1.67. The molecule has 3 N–H and O–H groups in total. The van der Waals surface area contributed by atoms with Crippen molar-refractivity contribution in [1.29, 1.82) is 0 Å². The van der Waals surface area contributed by atoms with Gasteiger partial charge in [0.1, 0.15) is 11.9 Å². The van der Waals surface area contributed by atoms with Gasteiger partial charge in [0.15, 0.2) is 0 Å². The van der Waals surface area contributed by atoms with Crippen molar-refractivity contribution in [3.8, 4) is 11.8 Å². The summed E-state index contributed by atoms with van der Waals surface area (Å²) in [6.45, 7) is 7.80. The van der Waals surface area contributed by atoms with E-state index >= 15 is 0 Å². The number of hydrogen-bond acceptors (Lipinski definition) is 5. The number of hydrogen-bond donors (Lipinski definition) is 3. The van der Waals surface area contributed by atoms with Crippen molar-refractivity contribution in [2.24, 2.45) is 4.99 Å². The summed E-state index contributed by atoms with van der Waals surface area (Å²) < 4.78 is 0. The molecule has 2 aliphatic rings. The third kappa shape index (κ3) is 7.10. The summed E-state index contributed by atoms with van der Waals surface area (Å²) in [6.07, 6.45) is 11.5. The summed E-state index contributed by atoms with van der Waals surface area (Å²) in [5, 5.41) is 16.1. The molecule has 2 aliphatic heterocycles. The van der Waals surface area contributed by atoms with E-state index in [2.05, 4.69) is 39.1 Å². The van der Waals surface area contributed by atoms with E-state index in [1.165, 1.54) is 25.7 Å². The Hall–Kier alpha value is -3.30. The molecule has 0 aromatic heterocycles. The van der Waals surface area contributed by atoms with E-state index in [0.717, 1.165) is 41.3 Å². The molecule has 1 aromatic carbocycles. The summed E-state index contributed by atoms with van der Waals surface area (Å²) in [4.78, 5) is 18.7. The zero-order valence-electron chi connectivity index (χ0n) is 20.3. The van der Waals surface area contributed by atoms with Crippen molar-refractivity contribution < 1.29 is 9.90 Å². The van der Waals surface area contributed by atoms with Crippen molar-refractivity contribution in [2.45, 2.75) is 57.6 Å². The minimum atomic E-state index is -0.723. The number of aliphatic imine (C=N–C) groups is 1. The van der Waals surface area contributed by atoms with Crippen LogP contribution in [0, 0.1) is 11.8 Å². The molecule has 1 fully saturated rings. The van der Waals surface area contributed by atoms with Gasteiger partial charge in [0, 0.05) is 31.4 Å². The maximum Gasteiger partial charge on any atom is 0.244 e. The SMILES string of the molecule is C=N/C(=C\C=C(/C)C#Cc1ccc(C2=CCCC(O)C(C(=O)NC)N2)cc1)N1CCCCCC1. The van der Waals surface area contributed by atoms with E-state index in [4.69, 9.17) is 0 Å². The van der Waals surface area contributed by atoms with Crippen molar-refractivity contribution in [3.05, 3.63) is 65.0 Å². The van der Waals surface area contributed by atoms with Gasteiger partial charge in [-0.1, -0.05) is 42.9 Å². The third-order valence-electron chi connectivity index (χ3n) is 6.21. The first-order valence-electron chi connectivity index (χ1n) is 12.1. The summed E-state index contributed by atoms with van der Waals surface area (Å²) in [6, 6.07) is 7.25. The van der Waals surface area contributed by atoms with Crippen LogP contribution >= 0.6 is 0 Å². The van der Waals surface area contributed by atoms with Crippen LogP contribution in [0.1, 0.15) is 56.6 Å². The normalized spacial score (nSPS) is 21.7. The topological polar surface area (TPSA) is 77.0 Å². The molecule has 0 aliphatic carbocycles. The molecule has 34 heavy (non-hydrogen) atoms. The maximum atomic E-state index is 12.1. The van der Waals surface area contributed by atoms with Gasteiger partial charge < -0.3 is 20.6 Å². The second-order valence-corrected chi connectivity index (χ2v) is 8.76. The second-order valence-electron chi connectivity index (χ2n) is 8.76. The molecule has 3 rings (SSSR count). The maximum absolute atomic E-state index is 12.1. The Morgan fingerprint density at radius 3 is 2.56 bits per heavy atom. The molecule has 2 atom stereocenters. The van der Waals surface area contributed by atoms with Gasteiger partial charge in [0.05, 0.1) is 6.10 Å². The van der Waals surface area contributed by atoms with Gasteiger partial charge in [-0.3, -0.25) is 4.79 Å². The average Bonchev–Trinajstić information content (AvgIpc) is 3.24. The van der Waals surface area contributed by atoms with Crippen LogP contribution in [-0.2, 0) is 4.79 Å². The van der Waals surface area contributed by atoms with Gasteiger partial charge >= 0.3 is 0 Å². The minimum absolute atomic E-state index is 0.218. The highest BCUT2D eigenvalue weighted by Crippen LogP contribution is 2.20. The lowest BCUT2D eigenvalue weighted by molar-refractivity contribution is -0.124. The average molecular weight is 461 g/mol. The third-order valence-corrected chi connectivity index (χ3v) is 6.21. The van der Waals surface area contributed by atoms with Crippen molar-refractivity contribution in [1.82, 2.24) is 15.5 Å². The fourth-order valence-corrected chi connectivity index (χ4v) is 4.19. The zero-order chi connectivity index (χ0) is 24.3. The number of aliphatic hydroxyl groups is 1. The van der Waals surface area contributed by atoms with E-state index in [1.54, 1.807) is 7.05 Å². The summed E-state index contributed by atoms with van der Waals surface area (Å²) >= 11 is 0. The van der Waals surface area contributed by atoms with Crippen LogP contribution in [0.2, 0.25) is 0 Å². The van der Waals surface area contributed by atoms with E-state index in [0.29, 0.717) is 12.8 Å². The molecule has 6 nitrogen and oxygen atoms in total. The first kappa shape index (κ1) is 25.3. The monoisotopic (exact) mass is 460 g/mol. The molecule has 1 aromatic rings. The summed E-state index contributed by atoms with van der Waals surface area (Å²) in [5.41, 5.74) is 3.68. The molecule has 0 radical (unpaired) electrons. The number of likely N-dealkylation sites (N-methyl/N-ethyl adjacent to an activating group) is 1. The van der Waals surface area contributed by atoms with Crippen molar-refractivity contribution in [2.75, 3.05) is 20.1 Å². The Kier molecular flexibility index (Phi) is 9.54. The van der Waals surface area contributed by atoms with Gasteiger partial charge in [0.25, 0.3) is 0 Å². The predicted molar refractivity (Wildman–Crippen MR) is 139 cm³/mol. The molecule has 6 heteroatoms. The zero-order valence-corrected chi connectivity index (χ0v) is 20.3. The quantitative estimate of drug-likeness (QED) is 0.357. The van der Waals surface area contributed by atoms with E-state index < -0.39 is 12.1 Å². The Labute approximate surface area is 203 Å². The summed E-state index contributed by atoms with van der Waals surface area (Å²) in [7, 11) is 1.58. The predicted octanol–water partition coefficient (Wildman–Crippen LogP) is 3.60. The number of carbonyl (C=O) groups excluding carboxylic acids is 1. The van der Waals surface area contributed by atoms with Crippen LogP contribution in [0.4, 0.5) is 0 Å². The van der Waals surface area contributed by atoms with Gasteiger partial charge in [-0.05, 0) is 74.7 Å². The molecule has 2 unspecified atom stereocenters. The number of rotatable bonds is 5. The van der Waals surface area contributed by atoms with E-state index in [9.17, 15) is 9.90 Å². The van der Waals surface area contributed by atoms with Crippen LogP contribution in [0.25, 0.3) is 5.70 Å². The largest absolute Gasteiger partial charge is 0.390 e. The first-order valence-corrected chi connectivity index (χ1v) is 12.1. The number of allylic oxidation sites excluding steroid dienone is 4. The number of aliphatic hydroxyl groups excluding tert-OH is 1. The molecule has 1 amide bonds. The van der Waals surface area contributed by atoms with E-state index in [-0.39, 0.29) is 5.91 Å². The smallest absolute Gasteiger partial charge is 0.244 e. The molecular weight excluding hydrogens is 424 g/mol. The van der Waals surface area contributed by atoms with Gasteiger partial charge in [-0.25, -0.2) is 4.99 Å². The highest BCUT2D eigenvalue weighted by atomic mass is 16.3.